The van der Waals surface area contributed by atoms with E-state index in [4.69, 9.17) is 5.26 Å². The molecule has 0 heterocycles. The molecule has 112 valence electrons. The van der Waals surface area contributed by atoms with Gasteiger partial charge in [-0.3, -0.25) is 4.79 Å². The molecule has 0 aromatic heterocycles. The first-order valence-corrected chi connectivity index (χ1v) is 7.88. The first kappa shape index (κ1) is 15.6. The molecule has 0 atom stereocenters. The second-order valence-electron chi connectivity index (χ2n) is 6.28. The summed E-state index contributed by atoms with van der Waals surface area (Å²) in [7, 11) is 0. The Bertz CT molecular complexity index is 507. The standard InChI is InChI=1S/C18H24N2O/c1-14(2)20(18(21)11-15-5-3-4-6-15)13-17-9-7-16(12-19)8-10-17/h7-10,14-15H,3-6,11,13H2,1-2H3. The summed E-state index contributed by atoms with van der Waals surface area (Å²) < 4.78 is 0. The van der Waals surface area contributed by atoms with E-state index in [9.17, 15) is 4.79 Å². The van der Waals surface area contributed by atoms with Gasteiger partial charge in [-0.15, -0.1) is 0 Å². The number of nitrogens with zero attached hydrogens (tertiary/aromatic N) is 2. The third kappa shape index (κ3) is 4.32. The van der Waals surface area contributed by atoms with Crippen molar-refractivity contribution in [3.63, 3.8) is 0 Å². The number of benzene rings is 1. The summed E-state index contributed by atoms with van der Waals surface area (Å²) >= 11 is 0. The molecule has 1 aromatic rings. The number of amides is 1. The number of rotatable bonds is 5. The van der Waals surface area contributed by atoms with Crippen LogP contribution in [0.3, 0.4) is 0 Å². The molecule has 3 nitrogen and oxygen atoms in total. The van der Waals surface area contributed by atoms with Crippen LogP contribution < -0.4 is 0 Å². The fourth-order valence-corrected chi connectivity index (χ4v) is 3.02. The average molecular weight is 284 g/mol. The van der Waals surface area contributed by atoms with Gasteiger partial charge < -0.3 is 4.90 Å². The van der Waals surface area contributed by atoms with E-state index in [1.54, 1.807) is 0 Å². The molecule has 0 aliphatic heterocycles. The minimum atomic E-state index is 0.203. The molecular weight excluding hydrogens is 260 g/mol. The van der Waals surface area contributed by atoms with Crippen LogP contribution in [0.1, 0.15) is 57.1 Å². The molecule has 21 heavy (non-hydrogen) atoms. The SMILES string of the molecule is CC(C)N(Cc1ccc(C#N)cc1)C(=O)CC1CCCC1. The van der Waals surface area contributed by atoms with Crippen molar-refractivity contribution < 1.29 is 4.79 Å². The average Bonchev–Trinajstić information content (AvgIpc) is 2.97. The maximum absolute atomic E-state index is 12.5. The third-order valence-corrected chi connectivity index (χ3v) is 4.32. The minimum Gasteiger partial charge on any atom is -0.336 e. The molecule has 0 unspecified atom stereocenters. The van der Waals surface area contributed by atoms with Crippen molar-refractivity contribution in [2.24, 2.45) is 5.92 Å². The highest BCUT2D eigenvalue weighted by molar-refractivity contribution is 5.76. The van der Waals surface area contributed by atoms with Gasteiger partial charge in [0.05, 0.1) is 11.6 Å². The molecule has 0 saturated heterocycles. The Balaban J connectivity index is 2.00. The molecule has 3 heteroatoms. The minimum absolute atomic E-state index is 0.203. The van der Waals surface area contributed by atoms with Crippen molar-refractivity contribution >= 4 is 5.91 Å². The molecule has 1 amide bonds. The first-order chi connectivity index (χ1) is 10.1. The summed E-state index contributed by atoms with van der Waals surface area (Å²) in [5.74, 6) is 0.848. The Hall–Kier alpha value is -1.82. The maximum atomic E-state index is 12.5. The lowest BCUT2D eigenvalue weighted by Crippen LogP contribution is -2.37. The van der Waals surface area contributed by atoms with E-state index in [1.807, 2.05) is 29.2 Å². The summed E-state index contributed by atoms with van der Waals surface area (Å²) in [6.45, 7) is 4.77. The zero-order valence-electron chi connectivity index (χ0n) is 13.0. The van der Waals surface area contributed by atoms with E-state index in [0.717, 1.165) is 5.56 Å². The van der Waals surface area contributed by atoms with Crippen LogP contribution in [-0.4, -0.2) is 16.8 Å². The molecule has 1 aliphatic carbocycles. The van der Waals surface area contributed by atoms with E-state index >= 15 is 0 Å². The van der Waals surface area contributed by atoms with Gasteiger partial charge in [0.25, 0.3) is 0 Å². The number of carbonyl (C=O) groups is 1. The number of hydrogen-bond donors (Lipinski definition) is 0. The Morgan fingerprint density at radius 1 is 1.29 bits per heavy atom. The molecule has 0 bridgehead atoms. The van der Waals surface area contributed by atoms with Crippen molar-refractivity contribution in [2.45, 2.75) is 58.5 Å². The lowest BCUT2D eigenvalue weighted by molar-refractivity contribution is -0.134. The quantitative estimate of drug-likeness (QED) is 0.823. The van der Waals surface area contributed by atoms with Crippen LogP contribution in [-0.2, 0) is 11.3 Å². The van der Waals surface area contributed by atoms with Crippen LogP contribution in [0.4, 0.5) is 0 Å². The first-order valence-electron chi connectivity index (χ1n) is 7.88. The normalized spacial score (nSPS) is 15.1. The van der Waals surface area contributed by atoms with E-state index in [0.29, 0.717) is 24.4 Å². The fraction of sp³-hybridized carbons (Fsp3) is 0.556. The van der Waals surface area contributed by atoms with E-state index in [2.05, 4.69) is 19.9 Å². The molecule has 0 spiro atoms. The summed E-state index contributed by atoms with van der Waals surface area (Å²) in [6.07, 6.45) is 5.64. The summed E-state index contributed by atoms with van der Waals surface area (Å²) in [4.78, 5) is 14.5. The molecule has 0 N–H and O–H groups in total. The second-order valence-corrected chi connectivity index (χ2v) is 6.28. The van der Waals surface area contributed by atoms with Gasteiger partial charge in [-0.1, -0.05) is 25.0 Å². The van der Waals surface area contributed by atoms with Crippen LogP contribution >= 0.6 is 0 Å². The molecule has 1 aromatic carbocycles. The molecule has 0 radical (unpaired) electrons. The van der Waals surface area contributed by atoms with Gasteiger partial charge in [0.2, 0.25) is 5.91 Å². The Labute approximate surface area is 127 Å². The molecule has 2 rings (SSSR count). The highest BCUT2D eigenvalue weighted by atomic mass is 16.2. The van der Waals surface area contributed by atoms with Crippen molar-refractivity contribution in [3.05, 3.63) is 35.4 Å². The zero-order chi connectivity index (χ0) is 15.2. The Morgan fingerprint density at radius 3 is 2.43 bits per heavy atom. The predicted molar refractivity (Wildman–Crippen MR) is 83.4 cm³/mol. The van der Waals surface area contributed by atoms with E-state index in [-0.39, 0.29) is 11.9 Å². The second kappa shape index (κ2) is 7.26. The molecule has 1 saturated carbocycles. The zero-order valence-corrected chi connectivity index (χ0v) is 13.0. The van der Waals surface area contributed by atoms with Crippen molar-refractivity contribution in [3.8, 4) is 6.07 Å². The highest BCUT2D eigenvalue weighted by Crippen LogP contribution is 2.28. The highest BCUT2D eigenvalue weighted by Gasteiger charge is 2.23. The summed E-state index contributed by atoms with van der Waals surface area (Å²) in [5.41, 5.74) is 1.75. The molecule has 1 fully saturated rings. The third-order valence-electron chi connectivity index (χ3n) is 4.32. The lowest BCUT2D eigenvalue weighted by Gasteiger charge is -2.28. The predicted octanol–water partition coefficient (Wildman–Crippen LogP) is 3.88. The monoisotopic (exact) mass is 284 g/mol. The van der Waals surface area contributed by atoms with Gasteiger partial charge in [0.15, 0.2) is 0 Å². The number of carbonyl (C=O) groups excluding carboxylic acids is 1. The topological polar surface area (TPSA) is 44.1 Å². The number of nitriles is 1. The summed E-state index contributed by atoms with van der Waals surface area (Å²) in [6, 6.07) is 9.84. The van der Waals surface area contributed by atoms with Crippen LogP contribution in [0.2, 0.25) is 0 Å². The Kier molecular flexibility index (Phi) is 5.38. The summed E-state index contributed by atoms with van der Waals surface area (Å²) in [5, 5.41) is 8.83. The van der Waals surface area contributed by atoms with E-state index in [1.165, 1.54) is 25.7 Å². The van der Waals surface area contributed by atoms with Gasteiger partial charge in [0, 0.05) is 19.0 Å². The van der Waals surface area contributed by atoms with Gasteiger partial charge >= 0.3 is 0 Å². The van der Waals surface area contributed by atoms with Gasteiger partial charge in [-0.05, 0) is 50.3 Å². The van der Waals surface area contributed by atoms with Gasteiger partial charge in [0.1, 0.15) is 0 Å². The van der Waals surface area contributed by atoms with Crippen molar-refractivity contribution in [2.75, 3.05) is 0 Å². The maximum Gasteiger partial charge on any atom is 0.223 e. The van der Waals surface area contributed by atoms with Gasteiger partial charge in [-0.2, -0.15) is 5.26 Å². The van der Waals surface area contributed by atoms with Crippen LogP contribution in [0.5, 0.6) is 0 Å². The molecular formula is C18H24N2O. The number of hydrogen-bond acceptors (Lipinski definition) is 2. The van der Waals surface area contributed by atoms with Crippen molar-refractivity contribution in [1.29, 1.82) is 5.26 Å². The van der Waals surface area contributed by atoms with Crippen LogP contribution in [0.15, 0.2) is 24.3 Å². The largest absolute Gasteiger partial charge is 0.336 e. The smallest absolute Gasteiger partial charge is 0.223 e. The Morgan fingerprint density at radius 2 is 1.90 bits per heavy atom. The molecule has 1 aliphatic rings. The van der Waals surface area contributed by atoms with Crippen LogP contribution in [0.25, 0.3) is 0 Å². The van der Waals surface area contributed by atoms with Crippen LogP contribution in [0, 0.1) is 17.2 Å². The lowest BCUT2D eigenvalue weighted by atomic mass is 10.0. The van der Waals surface area contributed by atoms with Gasteiger partial charge in [-0.25, -0.2) is 0 Å². The van der Waals surface area contributed by atoms with E-state index < -0.39 is 0 Å². The fourth-order valence-electron chi connectivity index (χ4n) is 3.02. The van der Waals surface area contributed by atoms with Crippen molar-refractivity contribution in [1.82, 2.24) is 4.90 Å².